The zero-order chi connectivity index (χ0) is 10.8. The van der Waals surface area contributed by atoms with Gasteiger partial charge in [-0.05, 0) is 0 Å². The van der Waals surface area contributed by atoms with Crippen molar-refractivity contribution in [1.82, 2.24) is 4.90 Å². The van der Waals surface area contributed by atoms with E-state index in [9.17, 15) is 13.2 Å². The van der Waals surface area contributed by atoms with Gasteiger partial charge >= 0.3 is 0 Å². The molecule has 0 aromatic rings. The average Bonchev–Trinajstić information content (AvgIpc) is 2.28. The molecular formula is C8H12N2O3S. The maximum absolute atomic E-state index is 11.3. The molecule has 5 nitrogen and oxygen atoms in total. The van der Waals surface area contributed by atoms with Crippen LogP contribution in [0, 0.1) is 18.3 Å². The fraction of sp³-hybridized carbons (Fsp3) is 0.625. The van der Waals surface area contributed by atoms with Gasteiger partial charge in [-0.15, -0.1) is 6.42 Å². The first-order chi connectivity index (χ1) is 6.42. The average molecular weight is 216 g/mol. The smallest absolute Gasteiger partial charge is 0.223 e. The van der Waals surface area contributed by atoms with Crippen LogP contribution >= 0.6 is 0 Å². The number of carbonyl (C=O) groups excluding carboxylic acids is 1. The van der Waals surface area contributed by atoms with Crippen molar-refractivity contribution in [3.63, 3.8) is 0 Å². The zero-order valence-corrected chi connectivity index (χ0v) is 8.46. The van der Waals surface area contributed by atoms with Gasteiger partial charge in [0, 0.05) is 18.9 Å². The van der Waals surface area contributed by atoms with E-state index in [2.05, 4.69) is 5.92 Å². The summed E-state index contributed by atoms with van der Waals surface area (Å²) < 4.78 is 21.5. The highest BCUT2D eigenvalue weighted by Gasteiger charge is 2.31. The van der Waals surface area contributed by atoms with E-state index in [-0.39, 0.29) is 30.5 Å². The molecule has 1 aliphatic rings. The van der Waals surface area contributed by atoms with E-state index < -0.39 is 10.0 Å². The van der Waals surface area contributed by atoms with E-state index in [0.29, 0.717) is 6.54 Å². The Labute approximate surface area is 83.3 Å². The molecule has 1 atom stereocenters. The summed E-state index contributed by atoms with van der Waals surface area (Å²) in [7, 11) is -3.50. The molecule has 1 saturated heterocycles. The summed E-state index contributed by atoms with van der Waals surface area (Å²) >= 11 is 0. The molecule has 0 radical (unpaired) electrons. The normalized spacial score (nSPS) is 22.4. The van der Waals surface area contributed by atoms with E-state index in [0.717, 1.165) is 0 Å². The van der Waals surface area contributed by atoms with Crippen molar-refractivity contribution in [2.24, 2.45) is 11.1 Å². The molecule has 0 spiro atoms. The Bertz CT molecular complexity index is 369. The van der Waals surface area contributed by atoms with Crippen LogP contribution in [-0.2, 0) is 14.8 Å². The molecule has 2 N–H and O–H groups in total. The van der Waals surface area contributed by atoms with Crippen LogP contribution in [0.2, 0.25) is 0 Å². The summed E-state index contributed by atoms with van der Waals surface area (Å²) in [6.45, 7) is 0.624. The van der Waals surface area contributed by atoms with Crippen LogP contribution in [0.15, 0.2) is 0 Å². The Balaban J connectivity index is 2.56. The maximum Gasteiger partial charge on any atom is 0.223 e. The number of rotatable bonds is 3. The molecule has 0 aliphatic carbocycles. The van der Waals surface area contributed by atoms with E-state index in [4.69, 9.17) is 11.6 Å². The number of likely N-dealkylation sites (tertiary alicyclic amines) is 1. The zero-order valence-electron chi connectivity index (χ0n) is 7.64. The largest absolute Gasteiger partial charge is 0.331 e. The molecule has 0 bridgehead atoms. The second kappa shape index (κ2) is 3.98. The van der Waals surface area contributed by atoms with Gasteiger partial charge in [-0.25, -0.2) is 13.6 Å². The lowest BCUT2D eigenvalue weighted by atomic mass is 10.1. The minimum absolute atomic E-state index is 0.100. The van der Waals surface area contributed by atoms with Gasteiger partial charge in [-0.2, -0.15) is 0 Å². The number of nitrogens with zero attached hydrogens (tertiary/aromatic N) is 1. The predicted octanol–water partition coefficient (Wildman–Crippen LogP) is -1.24. The molecule has 6 heteroatoms. The molecule has 14 heavy (non-hydrogen) atoms. The lowest BCUT2D eigenvalue weighted by molar-refractivity contribution is -0.127. The Kier molecular flexibility index (Phi) is 3.13. The monoisotopic (exact) mass is 216 g/mol. The molecular weight excluding hydrogens is 204 g/mol. The van der Waals surface area contributed by atoms with E-state index in [1.54, 1.807) is 0 Å². The second-order valence-electron chi connectivity index (χ2n) is 3.38. The first-order valence-electron chi connectivity index (χ1n) is 4.14. The van der Waals surface area contributed by atoms with E-state index in [1.807, 2.05) is 0 Å². The lowest BCUT2D eigenvalue weighted by Gasteiger charge is -2.12. The number of primary sulfonamides is 1. The third kappa shape index (κ3) is 3.01. The van der Waals surface area contributed by atoms with Gasteiger partial charge in [0.05, 0.1) is 12.3 Å². The summed E-state index contributed by atoms with van der Waals surface area (Å²) in [6.07, 6.45) is 5.28. The lowest BCUT2D eigenvalue weighted by Crippen LogP contribution is -2.27. The van der Waals surface area contributed by atoms with Gasteiger partial charge in [-0.3, -0.25) is 4.79 Å². The van der Waals surface area contributed by atoms with Gasteiger partial charge in [0.1, 0.15) is 0 Å². The maximum atomic E-state index is 11.3. The van der Waals surface area contributed by atoms with Gasteiger partial charge in [0.2, 0.25) is 15.9 Å². The summed E-state index contributed by atoms with van der Waals surface area (Å²) in [4.78, 5) is 12.7. The minimum atomic E-state index is -3.50. The van der Waals surface area contributed by atoms with Crippen molar-refractivity contribution in [3.05, 3.63) is 0 Å². The summed E-state index contributed by atoms with van der Waals surface area (Å²) in [5.74, 6) is 1.88. The van der Waals surface area contributed by atoms with Crippen LogP contribution in [0.3, 0.4) is 0 Å². The van der Waals surface area contributed by atoms with Crippen molar-refractivity contribution in [3.8, 4) is 12.3 Å². The van der Waals surface area contributed by atoms with E-state index >= 15 is 0 Å². The number of hydrogen-bond acceptors (Lipinski definition) is 3. The van der Waals surface area contributed by atoms with Crippen LogP contribution in [0.1, 0.15) is 6.42 Å². The fourth-order valence-electron chi connectivity index (χ4n) is 1.56. The molecule has 1 aliphatic heterocycles. The van der Waals surface area contributed by atoms with Gasteiger partial charge in [-0.1, -0.05) is 5.92 Å². The Morgan fingerprint density at radius 1 is 1.64 bits per heavy atom. The number of hydrogen-bond donors (Lipinski definition) is 1. The standard InChI is InChI=1S/C8H12N2O3S/c1-2-3-10-5-7(4-8(10)11)6-14(9,12)13/h1,7H,3-6H2,(H2,9,12,13). The molecule has 78 valence electrons. The predicted molar refractivity (Wildman–Crippen MR) is 51.5 cm³/mol. The number of nitrogens with two attached hydrogens (primary N) is 1. The second-order valence-corrected chi connectivity index (χ2v) is 5.04. The van der Waals surface area contributed by atoms with Crippen LogP contribution in [0.5, 0.6) is 0 Å². The SMILES string of the molecule is C#CCN1CC(CS(N)(=O)=O)CC1=O. The molecule has 1 amide bonds. The molecule has 1 fully saturated rings. The van der Waals surface area contributed by atoms with Crippen LogP contribution in [0.4, 0.5) is 0 Å². The summed E-state index contributed by atoms with van der Waals surface area (Å²) in [6, 6.07) is 0. The van der Waals surface area contributed by atoms with Gasteiger partial charge in [0.25, 0.3) is 0 Å². The molecule has 1 rings (SSSR count). The van der Waals surface area contributed by atoms with Crippen molar-refractivity contribution >= 4 is 15.9 Å². The highest BCUT2D eigenvalue weighted by atomic mass is 32.2. The molecule has 1 heterocycles. The van der Waals surface area contributed by atoms with Crippen molar-refractivity contribution in [2.45, 2.75) is 6.42 Å². The third-order valence-corrected chi connectivity index (χ3v) is 2.98. The highest BCUT2D eigenvalue weighted by Crippen LogP contribution is 2.18. The topological polar surface area (TPSA) is 80.5 Å². The van der Waals surface area contributed by atoms with Gasteiger partial charge in [0.15, 0.2) is 0 Å². The first kappa shape index (κ1) is 11.0. The number of sulfonamides is 1. The van der Waals surface area contributed by atoms with Crippen molar-refractivity contribution in [2.75, 3.05) is 18.8 Å². The highest BCUT2D eigenvalue weighted by molar-refractivity contribution is 7.89. The Hall–Kier alpha value is -1.06. The molecule has 0 aromatic heterocycles. The minimum Gasteiger partial charge on any atom is -0.331 e. The molecule has 0 aromatic carbocycles. The van der Waals surface area contributed by atoms with Gasteiger partial charge < -0.3 is 4.90 Å². The van der Waals surface area contributed by atoms with E-state index in [1.165, 1.54) is 4.90 Å². The van der Waals surface area contributed by atoms with Crippen LogP contribution < -0.4 is 5.14 Å². The number of terminal acetylenes is 1. The quantitative estimate of drug-likeness (QED) is 0.599. The number of amides is 1. The number of carbonyl (C=O) groups is 1. The van der Waals surface area contributed by atoms with Crippen LogP contribution in [0.25, 0.3) is 0 Å². The Morgan fingerprint density at radius 3 is 2.79 bits per heavy atom. The Morgan fingerprint density at radius 2 is 2.29 bits per heavy atom. The fourth-order valence-corrected chi connectivity index (χ4v) is 2.44. The third-order valence-electron chi connectivity index (χ3n) is 2.04. The first-order valence-corrected chi connectivity index (χ1v) is 5.85. The molecule has 0 saturated carbocycles. The van der Waals surface area contributed by atoms with Crippen LogP contribution in [-0.4, -0.2) is 38.1 Å². The summed E-state index contributed by atoms with van der Waals surface area (Å²) in [5.41, 5.74) is 0. The van der Waals surface area contributed by atoms with Crippen molar-refractivity contribution in [1.29, 1.82) is 0 Å². The molecule has 1 unspecified atom stereocenters. The summed E-state index contributed by atoms with van der Waals surface area (Å²) in [5, 5.41) is 4.88. The van der Waals surface area contributed by atoms with Crippen molar-refractivity contribution < 1.29 is 13.2 Å².